The SMILES string of the molecule is OC(CNc1cccc(OCc2cc(F)cc(F)c2)c1Cc1cccc(OC(F)(F)C(F)F)c1)C(F)(F)F. The van der Waals surface area contributed by atoms with Crippen molar-refractivity contribution in [3.05, 3.63) is 89.0 Å². The number of nitrogens with one attached hydrogen (secondary N) is 1. The summed E-state index contributed by atoms with van der Waals surface area (Å²) in [6.45, 7) is -1.29. The highest BCUT2D eigenvalue weighted by atomic mass is 19.4. The number of hydrogen-bond acceptors (Lipinski definition) is 4. The average molecular weight is 553 g/mol. The molecule has 0 saturated carbocycles. The lowest BCUT2D eigenvalue weighted by atomic mass is 10.0. The van der Waals surface area contributed by atoms with Gasteiger partial charge in [-0.2, -0.15) is 30.7 Å². The summed E-state index contributed by atoms with van der Waals surface area (Å²) in [4.78, 5) is 0. The normalized spacial score (nSPS) is 12.9. The summed E-state index contributed by atoms with van der Waals surface area (Å²) in [5.41, 5.74) is 0.556. The Hall–Kier alpha value is -3.61. The number of rotatable bonds is 11. The molecule has 0 spiro atoms. The summed E-state index contributed by atoms with van der Waals surface area (Å²) < 4.78 is 127. The predicted molar refractivity (Wildman–Crippen MR) is 119 cm³/mol. The molecule has 13 heteroatoms. The van der Waals surface area contributed by atoms with Crippen LogP contribution in [0.2, 0.25) is 0 Å². The first-order chi connectivity index (χ1) is 17.7. The minimum absolute atomic E-state index is 0.0467. The second kappa shape index (κ2) is 11.8. The van der Waals surface area contributed by atoms with Crippen LogP contribution in [0.1, 0.15) is 16.7 Å². The molecule has 0 bridgehead atoms. The van der Waals surface area contributed by atoms with E-state index in [0.717, 1.165) is 24.3 Å². The van der Waals surface area contributed by atoms with E-state index in [1.165, 1.54) is 30.3 Å². The number of anilines is 1. The van der Waals surface area contributed by atoms with Gasteiger partial charge in [0.25, 0.3) is 0 Å². The zero-order valence-corrected chi connectivity index (χ0v) is 19.2. The first kappa shape index (κ1) is 29.0. The largest absolute Gasteiger partial charge is 0.489 e. The topological polar surface area (TPSA) is 50.7 Å². The number of alkyl halides is 7. The Morgan fingerprint density at radius 3 is 2.13 bits per heavy atom. The number of aliphatic hydroxyl groups is 1. The molecule has 3 aromatic rings. The molecule has 3 aromatic carbocycles. The summed E-state index contributed by atoms with van der Waals surface area (Å²) >= 11 is 0. The minimum Gasteiger partial charge on any atom is -0.489 e. The monoisotopic (exact) mass is 553 g/mol. The maximum absolute atomic E-state index is 13.5. The first-order valence-corrected chi connectivity index (χ1v) is 10.9. The van der Waals surface area contributed by atoms with Crippen molar-refractivity contribution in [3.8, 4) is 11.5 Å². The van der Waals surface area contributed by atoms with Crippen LogP contribution in [-0.4, -0.2) is 36.5 Å². The Kier molecular flexibility index (Phi) is 9.02. The van der Waals surface area contributed by atoms with Crippen molar-refractivity contribution in [1.82, 2.24) is 0 Å². The summed E-state index contributed by atoms with van der Waals surface area (Å²) in [6, 6.07) is 11.5. The molecule has 3 rings (SSSR count). The Labute approximate surface area is 210 Å². The molecule has 0 aromatic heterocycles. The Balaban J connectivity index is 1.91. The number of aliphatic hydroxyl groups excluding tert-OH is 1. The van der Waals surface area contributed by atoms with E-state index in [9.17, 15) is 44.6 Å². The van der Waals surface area contributed by atoms with Crippen LogP contribution in [0.4, 0.5) is 45.2 Å². The van der Waals surface area contributed by atoms with Gasteiger partial charge in [-0.3, -0.25) is 0 Å². The molecule has 0 heterocycles. The van der Waals surface area contributed by atoms with Crippen molar-refractivity contribution in [2.45, 2.75) is 37.8 Å². The predicted octanol–water partition coefficient (Wildman–Crippen LogP) is 6.71. The molecule has 4 nitrogen and oxygen atoms in total. The van der Waals surface area contributed by atoms with Gasteiger partial charge in [-0.25, -0.2) is 8.78 Å². The highest BCUT2D eigenvalue weighted by Gasteiger charge is 2.44. The van der Waals surface area contributed by atoms with E-state index in [2.05, 4.69) is 10.1 Å². The molecule has 0 amide bonds. The lowest BCUT2D eigenvalue weighted by Crippen LogP contribution is -2.35. The van der Waals surface area contributed by atoms with Gasteiger partial charge in [-0.1, -0.05) is 18.2 Å². The molecule has 0 fully saturated rings. The fraction of sp³-hybridized carbons (Fsp3) is 0.280. The Morgan fingerprint density at radius 1 is 0.842 bits per heavy atom. The van der Waals surface area contributed by atoms with E-state index in [1.807, 2.05) is 0 Å². The van der Waals surface area contributed by atoms with Gasteiger partial charge in [0.15, 0.2) is 6.10 Å². The highest BCUT2D eigenvalue weighted by Crippen LogP contribution is 2.33. The van der Waals surface area contributed by atoms with E-state index in [4.69, 9.17) is 4.74 Å². The second-order valence-corrected chi connectivity index (χ2v) is 8.08. The molecular formula is C25H20F9NO3. The fourth-order valence-electron chi connectivity index (χ4n) is 3.35. The van der Waals surface area contributed by atoms with E-state index < -0.39 is 48.7 Å². The molecule has 0 aliphatic rings. The Bertz CT molecular complexity index is 1210. The lowest BCUT2D eigenvalue weighted by molar-refractivity contribution is -0.253. The van der Waals surface area contributed by atoms with Gasteiger partial charge in [0.05, 0.1) is 0 Å². The van der Waals surface area contributed by atoms with Crippen LogP contribution in [-0.2, 0) is 13.0 Å². The van der Waals surface area contributed by atoms with Gasteiger partial charge < -0.3 is 19.9 Å². The third kappa shape index (κ3) is 7.94. The average Bonchev–Trinajstić information content (AvgIpc) is 2.81. The summed E-state index contributed by atoms with van der Waals surface area (Å²) in [6.07, 6.45) is -16.7. The van der Waals surface area contributed by atoms with Crippen LogP contribution in [0.3, 0.4) is 0 Å². The van der Waals surface area contributed by atoms with Crippen LogP contribution in [0.15, 0.2) is 60.7 Å². The van der Waals surface area contributed by atoms with Crippen molar-refractivity contribution in [3.63, 3.8) is 0 Å². The van der Waals surface area contributed by atoms with Crippen LogP contribution in [0.25, 0.3) is 0 Å². The molecule has 0 aliphatic carbocycles. The summed E-state index contributed by atoms with van der Waals surface area (Å²) in [5.74, 6) is -2.27. The standard InChI is InChI=1S/C25H20F9NO3/c26-16-7-15(8-17(27)11-16)13-37-21-6-2-5-20(35-12-22(36)24(30,31)32)19(21)10-14-3-1-4-18(9-14)38-25(33,34)23(28)29/h1-9,11,22-23,35-36H,10,12-13H2. The zero-order chi connectivity index (χ0) is 28.1. The minimum atomic E-state index is -4.91. The van der Waals surface area contributed by atoms with E-state index in [-0.39, 0.29) is 41.2 Å². The molecular weight excluding hydrogens is 533 g/mol. The number of ether oxygens (including phenoxy) is 2. The lowest BCUT2D eigenvalue weighted by Gasteiger charge is -2.20. The highest BCUT2D eigenvalue weighted by molar-refractivity contribution is 5.59. The quantitative estimate of drug-likeness (QED) is 0.260. The van der Waals surface area contributed by atoms with Crippen LogP contribution >= 0.6 is 0 Å². The van der Waals surface area contributed by atoms with Crippen molar-refractivity contribution in [1.29, 1.82) is 0 Å². The number of benzene rings is 3. The van der Waals surface area contributed by atoms with E-state index >= 15 is 0 Å². The molecule has 0 aliphatic heterocycles. The van der Waals surface area contributed by atoms with Crippen LogP contribution in [0.5, 0.6) is 11.5 Å². The third-order valence-corrected chi connectivity index (χ3v) is 5.10. The van der Waals surface area contributed by atoms with E-state index in [1.54, 1.807) is 0 Å². The molecule has 1 atom stereocenters. The van der Waals surface area contributed by atoms with Crippen molar-refractivity contribution in [2.24, 2.45) is 0 Å². The van der Waals surface area contributed by atoms with Crippen LogP contribution in [0, 0.1) is 11.6 Å². The van der Waals surface area contributed by atoms with Gasteiger partial charge in [-0.15, -0.1) is 0 Å². The maximum Gasteiger partial charge on any atom is 0.461 e. The molecule has 0 radical (unpaired) electrons. The third-order valence-electron chi connectivity index (χ3n) is 5.10. The fourth-order valence-corrected chi connectivity index (χ4v) is 3.35. The second-order valence-electron chi connectivity index (χ2n) is 8.08. The molecule has 1 unspecified atom stereocenters. The number of hydrogen-bond donors (Lipinski definition) is 2. The molecule has 2 N–H and O–H groups in total. The smallest absolute Gasteiger partial charge is 0.461 e. The maximum atomic E-state index is 13.5. The van der Waals surface area contributed by atoms with Gasteiger partial charge in [0, 0.05) is 30.3 Å². The van der Waals surface area contributed by atoms with Crippen molar-refractivity contribution >= 4 is 5.69 Å². The Morgan fingerprint density at radius 2 is 1.50 bits per heavy atom. The van der Waals surface area contributed by atoms with Crippen molar-refractivity contribution in [2.75, 3.05) is 11.9 Å². The summed E-state index contributed by atoms with van der Waals surface area (Å²) in [7, 11) is 0. The van der Waals surface area contributed by atoms with Gasteiger partial charge >= 0.3 is 18.7 Å². The molecule has 0 saturated heterocycles. The van der Waals surface area contributed by atoms with Gasteiger partial charge in [0.1, 0.15) is 29.7 Å². The number of halogens is 9. The molecule has 38 heavy (non-hydrogen) atoms. The van der Waals surface area contributed by atoms with E-state index in [0.29, 0.717) is 6.07 Å². The zero-order valence-electron chi connectivity index (χ0n) is 19.2. The van der Waals surface area contributed by atoms with Crippen LogP contribution < -0.4 is 14.8 Å². The van der Waals surface area contributed by atoms with Crippen molar-refractivity contribution < 1.29 is 54.1 Å². The molecule has 206 valence electrons. The summed E-state index contributed by atoms with van der Waals surface area (Å²) in [5, 5.41) is 11.8. The van der Waals surface area contributed by atoms with Gasteiger partial charge in [0.2, 0.25) is 0 Å². The first-order valence-electron chi connectivity index (χ1n) is 10.9. The van der Waals surface area contributed by atoms with Gasteiger partial charge in [-0.05, 0) is 47.5 Å².